The minimum atomic E-state index is -3.84. The smallest absolute Gasteiger partial charge is 0.421 e. The van der Waals surface area contributed by atoms with Crippen LogP contribution in [0.4, 0.5) is 4.79 Å². The molecule has 1 fully saturated rings. The first kappa shape index (κ1) is 16.2. The van der Waals surface area contributed by atoms with E-state index in [0.717, 1.165) is 33.0 Å². The Kier molecular flexibility index (Phi) is 7.06. The van der Waals surface area contributed by atoms with E-state index in [1.807, 2.05) is 0 Å². The third kappa shape index (κ3) is 7.31. The number of ether oxygens (including phenoxy) is 2. The van der Waals surface area contributed by atoms with Crippen LogP contribution < -0.4 is 14.8 Å². The topological polar surface area (TPSA) is 106 Å². The van der Waals surface area contributed by atoms with Gasteiger partial charge in [-0.15, -0.1) is 0 Å². The summed E-state index contributed by atoms with van der Waals surface area (Å²) in [6.07, 6.45) is 1.75. The fraction of sp³-hybridized carbons (Fsp3) is 0.900. The fourth-order valence-corrected chi connectivity index (χ4v) is 2.47. The van der Waals surface area contributed by atoms with Crippen molar-refractivity contribution in [3.63, 3.8) is 0 Å². The highest BCUT2D eigenvalue weighted by Gasteiger charge is 2.14. The van der Waals surface area contributed by atoms with Gasteiger partial charge in [0.1, 0.15) is 0 Å². The molecule has 1 saturated heterocycles. The molecule has 1 aliphatic heterocycles. The highest BCUT2D eigenvalue weighted by molar-refractivity contribution is 7.88. The summed E-state index contributed by atoms with van der Waals surface area (Å²) in [6, 6.07) is 0. The van der Waals surface area contributed by atoms with Crippen LogP contribution in [0.5, 0.6) is 0 Å². The third-order valence-corrected chi connectivity index (χ3v) is 3.68. The Morgan fingerprint density at radius 2 is 2.05 bits per heavy atom. The predicted molar refractivity (Wildman–Crippen MR) is 68.9 cm³/mol. The van der Waals surface area contributed by atoms with Gasteiger partial charge in [0.25, 0.3) is 0 Å². The van der Waals surface area contributed by atoms with Crippen LogP contribution in [0.1, 0.15) is 19.3 Å². The molecule has 1 rings (SSSR count). The van der Waals surface area contributed by atoms with E-state index < -0.39 is 16.3 Å². The molecule has 0 atom stereocenters. The summed E-state index contributed by atoms with van der Waals surface area (Å²) in [6.45, 7) is 2.61. The molecule has 0 spiro atoms. The lowest BCUT2D eigenvalue weighted by molar-refractivity contribution is 0.0322. The monoisotopic (exact) mass is 295 g/mol. The summed E-state index contributed by atoms with van der Waals surface area (Å²) in [5, 5.41) is 3.24. The van der Waals surface area contributed by atoms with Crippen LogP contribution >= 0.6 is 0 Å². The van der Waals surface area contributed by atoms with E-state index in [4.69, 9.17) is 4.74 Å². The largest absolute Gasteiger partial charge is 0.452 e. The van der Waals surface area contributed by atoms with Gasteiger partial charge in [-0.05, 0) is 32.4 Å². The van der Waals surface area contributed by atoms with Gasteiger partial charge in [-0.25, -0.2) is 9.52 Å². The first-order valence-electron chi connectivity index (χ1n) is 6.21. The van der Waals surface area contributed by atoms with Crippen molar-refractivity contribution in [2.75, 3.05) is 33.4 Å². The lowest BCUT2D eigenvalue weighted by Crippen LogP contribution is -2.40. The SMILES string of the molecule is COC(=O)NS(=O)(=O)NCCCOC1CCNCC1. The van der Waals surface area contributed by atoms with Crippen molar-refractivity contribution in [3.05, 3.63) is 0 Å². The van der Waals surface area contributed by atoms with Crippen molar-refractivity contribution < 1.29 is 22.7 Å². The highest BCUT2D eigenvalue weighted by atomic mass is 32.2. The number of piperidine rings is 1. The Morgan fingerprint density at radius 3 is 2.68 bits per heavy atom. The minimum Gasteiger partial charge on any atom is -0.452 e. The van der Waals surface area contributed by atoms with E-state index in [2.05, 4.69) is 14.8 Å². The molecule has 0 bridgehead atoms. The molecule has 0 aromatic carbocycles. The van der Waals surface area contributed by atoms with Crippen molar-refractivity contribution in [2.24, 2.45) is 0 Å². The fourth-order valence-electron chi connectivity index (χ4n) is 1.68. The Bertz CT molecular complexity index is 367. The van der Waals surface area contributed by atoms with Crippen LogP contribution in [0.2, 0.25) is 0 Å². The summed E-state index contributed by atoms with van der Waals surface area (Å²) >= 11 is 0. The van der Waals surface area contributed by atoms with Crippen molar-refractivity contribution in [2.45, 2.75) is 25.4 Å². The molecular weight excluding hydrogens is 274 g/mol. The molecule has 8 nitrogen and oxygen atoms in total. The van der Waals surface area contributed by atoms with Gasteiger partial charge in [0.15, 0.2) is 0 Å². The zero-order valence-corrected chi connectivity index (χ0v) is 11.8. The number of rotatable bonds is 7. The van der Waals surface area contributed by atoms with E-state index in [0.29, 0.717) is 13.0 Å². The molecule has 9 heteroatoms. The summed E-state index contributed by atoms with van der Waals surface area (Å²) in [7, 11) is -2.74. The summed E-state index contributed by atoms with van der Waals surface area (Å²) in [5.41, 5.74) is 0. The number of carbonyl (C=O) groups is 1. The molecule has 1 heterocycles. The molecule has 0 unspecified atom stereocenters. The second-order valence-corrected chi connectivity index (χ2v) is 5.66. The average molecular weight is 295 g/mol. The molecule has 3 N–H and O–H groups in total. The van der Waals surface area contributed by atoms with E-state index >= 15 is 0 Å². The normalized spacial score (nSPS) is 17.1. The summed E-state index contributed by atoms with van der Waals surface area (Å²) < 4.78 is 36.3. The van der Waals surface area contributed by atoms with Gasteiger partial charge in [0, 0.05) is 13.2 Å². The predicted octanol–water partition coefficient (Wildman–Crippen LogP) is -0.664. The standard InChI is InChI=1S/C10H21N3O5S/c1-17-10(14)13-19(15,16)12-5-2-8-18-9-3-6-11-7-4-9/h9,11-12H,2-8H2,1H3,(H,13,14). The average Bonchev–Trinajstić information content (AvgIpc) is 2.38. The lowest BCUT2D eigenvalue weighted by Gasteiger charge is -2.22. The van der Waals surface area contributed by atoms with Gasteiger partial charge in [-0.1, -0.05) is 0 Å². The summed E-state index contributed by atoms with van der Waals surface area (Å²) in [4.78, 5) is 10.7. The van der Waals surface area contributed by atoms with Crippen molar-refractivity contribution in [1.29, 1.82) is 0 Å². The first-order chi connectivity index (χ1) is 9.03. The quantitative estimate of drug-likeness (QED) is 0.538. The second kappa shape index (κ2) is 8.31. The van der Waals surface area contributed by atoms with Gasteiger partial charge in [-0.3, -0.25) is 0 Å². The third-order valence-electron chi connectivity index (χ3n) is 2.66. The van der Waals surface area contributed by atoms with Crippen LogP contribution in [0.15, 0.2) is 0 Å². The van der Waals surface area contributed by atoms with Gasteiger partial charge < -0.3 is 14.8 Å². The summed E-state index contributed by atoms with van der Waals surface area (Å²) in [5.74, 6) is 0. The van der Waals surface area contributed by atoms with Crippen LogP contribution in [0.3, 0.4) is 0 Å². The molecule has 0 saturated carbocycles. The van der Waals surface area contributed by atoms with E-state index in [1.165, 1.54) is 0 Å². The minimum absolute atomic E-state index is 0.206. The van der Waals surface area contributed by atoms with Gasteiger partial charge >= 0.3 is 16.3 Å². The first-order valence-corrected chi connectivity index (χ1v) is 7.69. The number of amides is 1. The van der Waals surface area contributed by atoms with Crippen LogP contribution in [-0.2, 0) is 19.7 Å². The van der Waals surface area contributed by atoms with Gasteiger partial charge in [0.05, 0.1) is 13.2 Å². The van der Waals surface area contributed by atoms with Gasteiger partial charge in [-0.2, -0.15) is 13.1 Å². The molecule has 1 aliphatic rings. The molecule has 0 radical (unpaired) electrons. The number of hydrogen-bond donors (Lipinski definition) is 3. The Labute approximate surface area is 113 Å². The molecule has 112 valence electrons. The number of methoxy groups -OCH3 is 1. The maximum absolute atomic E-state index is 11.3. The van der Waals surface area contributed by atoms with Crippen molar-refractivity contribution in [3.8, 4) is 0 Å². The maximum Gasteiger partial charge on any atom is 0.421 e. The molecular formula is C10H21N3O5S. The number of carbonyl (C=O) groups excluding carboxylic acids is 1. The Morgan fingerprint density at radius 1 is 1.37 bits per heavy atom. The number of nitrogens with one attached hydrogen (secondary N) is 3. The van der Waals surface area contributed by atoms with E-state index in [9.17, 15) is 13.2 Å². The molecule has 0 aromatic rings. The molecule has 19 heavy (non-hydrogen) atoms. The van der Waals surface area contributed by atoms with Crippen LogP contribution in [0, 0.1) is 0 Å². The zero-order chi connectivity index (χ0) is 14.1. The van der Waals surface area contributed by atoms with Crippen molar-refractivity contribution >= 4 is 16.3 Å². The molecule has 1 amide bonds. The maximum atomic E-state index is 11.3. The molecule has 0 aliphatic carbocycles. The van der Waals surface area contributed by atoms with E-state index in [-0.39, 0.29) is 12.6 Å². The number of hydrogen-bond acceptors (Lipinski definition) is 6. The van der Waals surface area contributed by atoms with Crippen LogP contribution in [0.25, 0.3) is 0 Å². The zero-order valence-electron chi connectivity index (χ0n) is 11.0. The Hall–Kier alpha value is -0.900. The van der Waals surface area contributed by atoms with Gasteiger partial charge in [0.2, 0.25) is 0 Å². The van der Waals surface area contributed by atoms with Crippen molar-refractivity contribution in [1.82, 2.24) is 14.8 Å². The molecule has 0 aromatic heterocycles. The highest BCUT2D eigenvalue weighted by Crippen LogP contribution is 2.07. The van der Waals surface area contributed by atoms with Crippen LogP contribution in [-0.4, -0.2) is 54.0 Å². The second-order valence-electron chi connectivity index (χ2n) is 4.17. The Balaban J connectivity index is 2.07. The lowest BCUT2D eigenvalue weighted by atomic mass is 10.1. The van der Waals surface area contributed by atoms with E-state index in [1.54, 1.807) is 4.72 Å².